The van der Waals surface area contributed by atoms with Crippen LogP contribution in [0.15, 0.2) is 91.5 Å². The molecule has 3 N–H and O–H groups in total. The van der Waals surface area contributed by atoms with E-state index in [1.165, 1.54) is 6.92 Å². The van der Waals surface area contributed by atoms with E-state index in [1.54, 1.807) is 31.2 Å². The molecule has 234 valence electrons. The van der Waals surface area contributed by atoms with Crippen LogP contribution in [0.1, 0.15) is 62.4 Å². The lowest BCUT2D eigenvalue weighted by Crippen LogP contribution is -2.64. The minimum absolute atomic E-state index is 0.192. The van der Waals surface area contributed by atoms with E-state index in [1.807, 2.05) is 36.4 Å². The van der Waals surface area contributed by atoms with Crippen molar-refractivity contribution in [3.05, 3.63) is 103 Å². The predicted molar refractivity (Wildman–Crippen MR) is 172 cm³/mol. The number of benzene rings is 3. The summed E-state index contributed by atoms with van der Waals surface area (Å²) in [7, 11) is 0. The summed E-state index contributed by atoms with van der Waals surface area (Å²) in [6, 6.07) is 26.2. The minimum Gasteiger partial charge on any atom is -0.456 e. The van der Waals surface area contributed by atoms with Gasteiger partial charge in [-0.1, -0.05) is 92.7 Å². The molecule has 1 amide bonds. The van der Waals surface area contributed by atoms with Gasteiger partial charge in [-0.25, -0.2) is 4.79 Å². The number of ether oxygens (including phenoxy) is 3. The molecular formula is C36H44N2O6. The number of rotatable bonds is 14. The van der Waals surface area contributed by atoms with Gasteiger partial charge in [-0.15, -0.1) is 0 Å². The Labute approximate surface area is 260 Å². The van der Waals surface area contributed by atoms with E-state index < -0.39 is 36.1 Å². The molecule has 1 aliphatic rings. The highest BCUT2D eigenvalue weighted by Gasteiger charge is 2.50. The Bertz CT molecular complexity index is 1360. The summed E-state index contributed by atoms with van der Waals surface area (Å²) >= 11 is 0. The molecule has 1 aliphatic heterocycles. The second kappa shape index (κ2) is 15.7. The highest BCUT2D eigenvalue weighted by molar-refractivity contribution is 5.89. The number of aliphatic hydroxyl groups is 1. The van der Waals surface area contributed by atoms with Crippen LogP contribution in [0.2, 0.25) is 0 Å². The van der Waals surface area contributed by atoms with Crippen LogP contribution in [0.4, 0.5) is 0 Å². The molecule has 3 aromatic rings. The highest BCUT2D eigenvalue weighted by atomic mass is 16.7. The fourth-order valence-corrected chi connectivity index (χ4v) is 5.39. The molecule has 0 saturated carbocycles. The van der Waals surface area contributed by atoms with Gasteiger partial charge in [-0.3, -0.25) is 4.79 Å². The SMILES string of the molecule is C=C(NCCC(O)C1O[C@](C)(OCCCC)CC(OC(=O)c2ccccc2)[C@H]1NC(C)=O)c1ccc(-c2ccccc2)cc1. The third-order valence-electron chi connectivity index (χ3n) is 7.75. The van der Waals surface area contributed by atoms with E-state index in [0.717, 1.165) is 35.2 Å². The number of unbranched alkanes of at least 4 members (excludes halogenated alkanes) is 1. The Hall–Kier alpha value is -3.98. The monoisotopic (exact) mass is 600 g/mol. The summed E-state index contributed by atoms with van der Waals surface area (Å²) in [5.74, 6) is -1.97. The molecule has 8 heteroatoms. The van der Waals surface area contributed by atoms with Gasteiger partial charge in [0.2, 0.25) is 5.91 Å². The van der Waals surface area contributed by atoms with Gasteiger partial charge in [0, 0.05) is 25.6 Å². The van der Waals surface area contributed by atoms with Gasteiger partial charge >= 0.3 is 5.97 Å². The predicted octanol–water partition coefficient (Wildman–Crippen LogP) is 5.72. The van der Waals surface area contributed by atoms with Crippen molar-refractivity contribution in [3.63, 3.8) is 0 Å². The molecule has 0 aliphatic carbocycles. The third kappa shape index (κ3) is 9.02. The van der Waals surface area contributed by atoms with Crippen LogP contribution >= 0.6 is 0 Å². The molecule has 5 atom stereocenters. The van der Waals surface area contributed by atoms with Crippen LogP contribution in [-0.2, 0) is 19.0 Å². The molecular weight excluding hydrogens is 556 g/mol. The zero-order chi connectivity index (χ0) is 31.5. The van der Waals surface area contributed by atoms with Crippen molar-refractivity contribution in [2.45, 2.75) is 76.6 Å². The van der Waals surface area contributed by atoms with Gasteiger partial charge in [-0.2, -0.15) is 0 Å². The minimum atomic E-state index is -1.13. The van der Waals surface area contributed by atoms with Crippen LogP contribution in [0.5, 0.6) is 0 Å². The molecule has 0 aromatic heterocycles. The first-order chi connectivity index (χ1) is 21.2. The van der Waals surface area contributed by atoms with E-state index >= 15 is 0 Å². The second-order valence-electron chi connectivity index (χ2n) is 11.4. The van der Waals surface area contributed by atoms with Crippen molar-refractivity contribution in [3.8, 4) is 11.1 Å². The molecule has 8 nitrogen and oxygen atoms in total. The Morgan fingerprint density at radius 3 is 2.27 bits per heavy atom. The summed E-state index contributed by atoms with van der Waals surface area (Å²) in [4.78, 5) is 25.4. The van der Waals surface area contributed by atoms with Crippen molar-refractivity contribution in [2.24, 2.45) is 0 Å². The lowest BCUT2D eigenvalue weighted by molar-refractivity contribution is -0.305. The maximum Gasteiger partial charge on any atom is 0.338 e. The van der Waals surface area contributed by atoms with Gasteiger partial charge in [0.05, 0.1) is 24.3 Å². The highest BCUT2D eigenvalue weighted by Crippen LogP contribution is 2.35. The first-order valence-electron chi connectivity index (χ1n) is 15.3. The number of aliphatic hydroxyl groups excluding tert-OH is 1. The molecule has 0 spiro atoms. The molecule has 0 bridgehead atoms. The summed E-state index contributed by atoms with van der Waals surface area (Å²) in [5, 5.41) is 17.6. The van der Waals surface area contributed by atoms with Gasteiger partial charge in [-0.05, 0) is 48.6 Å². The number of hydrogen-bond acceptors (Lipinski definition) is 7. The summed E-state index contributed by atoms with van der Waals surface area (Å²) in [6.07, 6.45) is -0.462. The fraction of sp³-hybridized carbons (Fsp3) is 0.389. The molecule has 1 fully saturated rings. The van der Waals surface area contributed by atoms with Crippen molar-refractivity contribution < 1.29 is 28.9 Å². The lowest BCUT2D eigenvalue weighted by Gasteiger charge is -2.47. The van der Waals surface area contributed by atoms with Gasteiger partial charge < -0.3 is 30.0 Å². The van der Waals surface area contributed by atoms with Crippen molar-refractivity contribution in [1.82, 2.24) is 10.6 Å². The molecule has 0 radical (unpaired) electrons. The summed E-state index contributed by atoms with van der Waals surface area (Å²) < 4.78 is 18.5. The van der Waals surface area contributed by atoms with Crippen LogP contribution < -0.4 is 10.6 Å². The van der Waals surface area contributed by atoms with E-state index in [2.05, 4.69) is 48.4 Å². The number of amides is 1. The average molecular weight is 601 g/mol. The van der Waals surface area contributed by atoms with E-state index in [4.69, 9.17) is 14.2 Å². The number of carbonyl (C=O) groups excluding carboxylic acids is 2. The first-order valence-corrected chi connectivity index (χ1v) is 15.3. The van der Waals surface area contributed by atoms with Gasteiger partial charge in [0.25, 0.3) is 0 Å². The topological polar surface area (TPSA) is 106 Å². The Morgan fingerprint density at radius 1 is 1.00 bits per heavy atom. The quantitative estimate of drug-likeness (QED) is 0.161. The Kier molecular flexibility index (Phi) is 11.7. The van der Waals surface area contributed by atoms with Crippen LogP contribution in [0, 0.1) is 0 Å². The zero-order valence-electron chi connectivity index (χ0n) is 25.8. The normalized spacial score (nSPS) is 22.0. The molecule has 3 unspecified atom stereocenters. The van der Waals surface area contributed by atoms with Crippen LogP contribution in [0.25, 0.3) is 16.8 Å². The third-order valence-corrected chi connectivity index (χ3v) is 7.75. The fourth-order valence-electron chi connectivity index (χ4n) is 5.39. The van der Waals surface area contributed by atoms with Crippen molar-refractivity contribution in [2.75, 3.05) is 13.2 Å². The molecule has 3 aromatic carbocycles. The smallest absolute Gasteiger partial charge is 0.338 e. The average Bonchev–Trinajstić information content (AvgIpc) is 3.03. The maximum atomic E-state index is 13.1. The summed E-state index contributed by atoms with van der Waals surface area (Å²) in [5.41, 5.74) is 4.31. The molecule has 44 heavy (non-hydrogen) atoms. The van der Waals surface area contributed by atoms with Crippen LogP contribution in [-0.4, -0.2) is 60.3 Å². The number of nitrogens with one attached hydrogen (secondary N) is 2. The molecule has 1 heterocycles. The lowest BCUT2D eigenvalue weighted by atomic mass is 9.89. The maximum absolute atomic E-state index is 13.1. The Morgan fingerprint density at radius 2 is 1.64 bits per heavy atom. The van der Waals surface area contributed by atoms with Gasteiger partial charge in [0.15, 0.2) is 5.79 Å². The van der Waals surface area contributed by atoms with Crippen LogP contribution in [0.3, 0.4) is 0 Å². The number of hydrogen-bond donors (Lipinski definition) is 3. The number of carbonyl (C=O) groups is 2. The standard InChI is InChI=1S/C36H44N2O6/c1-5-6-23-42-36(4)24-32(43-35(41)30-15-11-8-12-16-30)33(38-26(3)39)34(44-36)31(40)21-22-37-25(2)27-17-19-29(20-18-27)28-13-9-7-10-14-28/h7-20,31-34,37,40H,2,5-6,21-24H2,1,3-4H3,(H,38,39)/t31?,32?,33-,34?,36+/m1/s1. The van der Waals surface area contributed by atoms with Gasteiger partial charge in [0.1, 0.15) is 12.2 Å². The van der Waals surface area contributed by atoms with Crippen molar-refractivity contribution in [1.29, 1.82) is 0 Å². The zero-order valence-corrected chi connectivity index (χ0v) is 25.8. The van der Waals surface area contributed by atoms with E-state index in [0.29, 0.717) is 18.7 Å². The summed E-state index contributed by atoms with van der Waals surface area (Å²) in [6.45, 7) is 10.3. The largest absolute Gasteiger partial charge is 0.456 e. The van der Waals surface area contributed by atoms with E-state index in [-0.39, 0.29) is 18.7 Å². The molecule has 4 rings (SSSR count). The number of esters is 1. The Balaban J connectivity index is 1.45. The second-order valence-corrected chi connectivity index (χ2v) is 11.4. The van der Waals surface area contributed by atoms with E-state index in [9.17, 15) is 14.7 Å². The molecule has 1 saturated heterocycles. The first kappa shape index (κ1) is 32.9. The van der Waals surface area contributed by atoms with Crippen molar-refractivity contribution >= 4 is 17.6 Å².